The Morgan fingerprint density at radius 3 is 1.95 bits per heavy atom. The van der Waals surface area contributed by atoms with Crippen molar-refractivity contribution < 1.29 is 18.4 Å². The predicted molar refractivity (Wildman–Crippen MR) is 160 cm³/mol. The number of pyridine rings is 1. The Bertz CT molecular complexity index is 1790. The molecule has 0 aliphatic rings. The molecule has 0 saturated heterocycles. The Balaban J connectivity index is 1.55. The van der Waals surface area contributed by atoms with Crippen molar-refractivity contribution >= 4 is 17.5 Å². The summed E-state index contributed by atoms with van der Waals surface area (Å²) in [5.74, 6) is -3.72. The average Bonchev–Trinajstić information content (AvgIpc) is 3.43. The van der Waals surface area contributed by atoms with E-state index in [-0.39, 0.29) is 28.1 Å². The van der Waals surface area contributed by atoms with E-state index in [0.29, 0.717) is 5.69 Å². The number of rotatable bonds is 8. The SMILES string of the molecule is Cc1c(-c2c(F)cc(NC(=O)C(NC(=O)c3ccnn3C)C(c3ccccc3)c3ccccc3)cc2F)ccc(=O)n1C. The van der Waals surface area contributed by atoms with Crippen LogP contribution in [0.5, 0.6) is 0 Å². The second-order valence-corrected chi connectivity index (χ2v) is 10.1. The Morgan fingerprint density at radius 1 is 0.837 bits per heavy atom. The summed E-state index contributed by atoms with van der Waals surface area (Å²) in [5.41, 5.74) is 1.56. The van der Waals surface area contributed by atoms with Gasteiger partial charge in [0.15, 0.2) is 0 Å². The lowest BCUT2D eigenvalue weighted by Gasteiger charge is -2.28. The molecule has 2 N–H and O–H groups in total. The molecule has 0 aliphatic heterocycles. The maximum atomic E-state index is 15.4. The van der Waals surface area contributed by atoms with Gasteiger partial charge < -0.3 is 15.2 Å². The van der Waals surface area contributed by atoms with E-state index in [9.17, 15) is 14.4 Å². The molecule has 1 atom stereocenters. The molecule has 2 aromatic heterocycles. The maximum absolute atomic E-state index is 15.4. The number of anilines is 1. The second kappa shape index (κ2) is 12.2. The zero-order valence-corrected chi connectivity index (χ0v) is 23.7. The minimum absolute atomic E-state index is 0.133. The summed E-state index contributed by atoms with van der Waals surface area (Å²) in [4.78, 5) is 39.3. The summed E-state index contributed by atoms with van der Waals surface area (Å²) < 4.78 is 33.5. The number of carbonyl (C=O) groups excluding carboxylic acids is 2. The molecule has 43 heavy (non-hydrogen) atoms. The molecular formula is C33H29F2N5O3. The molecule has 0 bridgehead atoms. The smallest absolute Gasteiger partial charge is 0.270 e. The number of hydrogen-bond acceptors (Lipinski definition) is 4. The van der Waals surface area contributed by atoms with Gasteiger partial charge in [-0.05, 0) is 42.3 Å². The third-order valence-corrected chi connectivity index (χ3v) is 7.47. The van der Waals surface area contributed by atoms with Crippen LogP contribution in [0.25, 0.3) is 11.1 Å². The molecule has 0 saturated carbocycles. The standard InChI is InChI=1S/C33H29F2N5O3/c1-20-24(14-15-28(41)39(20)2)30-25(34)18-23(19-26(30)35)37-33(43)31(38-32(42)27-16-17-36-40(27)3)29(21-10-6-4-7-11-21)22-12-8-5-9-13-22/h4-19,29,31H,1-3H3,(H,37,43)(H,38,42). The first kappa shape index (κ1) is 29.1. The number of halogens is 2. The third kappa shape index (κ3) is 5.99. The van der Waals surface area contributed by atoms with Crippen LogP contribution in [0.2, 0.25) is 0 Å². The topological polar surface area (TPSA) is 98.0 Å². The number of aryl methyl sites for hydroxylation is 1. The van der Waals surface area contributed by atoms with Gasteiger partial charge in [0.05, 0.1) is 5.56 Å². The maximum Gasteiger partial charge on any atom is 0.270 e. The summed E-state index contributed by atoms with van der Waals surface area (Å²) in [6.07, 6.45) is 1.47. The zero-order valence-electron chi connectivity index (χ0n) is 23.7. The van der Waals surface area contributed by atoms with Crippen LogP contribution in [0, 0.1) is 18.6 Å². The molecule has 2 amide bonds. The number of nitrogens with zero attached hydrogens (tertiary/aromatic N) is 3. The van der Waals surface area contributed by atoms with Gasteiger partial charge in [-0.25, -0.2) is 8.78 Å². The number of aromatic nitrogens is 3. The highest BCUT2D eigenvalue weighted by Gasteiger charge is 2.33. The summed E-state index contributed by atoms with van der Waals surface area (Å²) in [6.45, 7) is 1.59. The van der Waals surface area contributed by atoms with Crippen LogP contribution < -0.4 is 16.2 Å². The summed E-state index contributed by atoms with van der Waals surface area (Å²) in [5, 5.41) is 9.48. The molecular weight excluding hydrogens is 552 g/mol. The van der Waals surface area contributed by atoms with E-state index < -0.39 is 35.4 Å². The van der Waals surface area contributed by atoms with E-state index in [2.05, 4.69) is 15.7 Å². The van der Waals surface area contributed by atoms with Gasteiger partial charge in [-0.3, -0.25) is 19.1 Å². The van der Waals surface area contributed by atoms with Crippen LogP contribution in [0.1, 0.15) is 33.2 Å². The first-order valence-electron chi connectivity index (χ1n) is 13.5. The van der Waals surface area contributed by atoms with Crippen molar-refractivity contribution in [2.24, 2.45) is 14.1 Å². The van der Waals surface area contributed by atoms with Crippen molar-refractivity contribution in [1.29, 1.82) is 0 Å². The van der Waals surface area contributed by atoms with Gasteiger partial charge in [0, 0.05) is 49.2 Å². The fourth-order valence-corrected chi connectivity index (χ4v) is 5.13. The molecule has 5 aromatic rings. The number of benzene rings is 3. The summed E-state index contributed by atoms with van der Waals surface area (Å²) in [7, 11) is 3.12. The monoisotopic (exact) mass is 581 g/mol. The van der Waals surface area contributed by atoms with Crippen molar-refractivity contribution in [3.8, 4) is 11.1 Å². The molecule has 0 spiro atoms. The molecule has 0 aliphatic carbocycles. The van der Waals surface area contributed by atoms with E-state index in [1.807, 2.05) is 60.7 Å². The van der Waals surface area contributed by atoms with Crippen LogP contribution in [-0.4, -0.2) is 32.2 Å². The third-order valence-electron chi connectivity index (χ3n) is 7.47. The molecule has 3 aromatic carbocycles. The zero-order chi connectivity index (χ0) is 30.7. The second-order valence-electron chi connectivity index (χ2n) is 10.1. The molecule has 5 rings (SSSR count). The van der Waals surface area contributed by atoms with Crippen molar-refractivity contribution in [2.45, 2.75) is 18.9 Å². The van der Waals surface area contributed by atoms with Crippen molar-refractivity contribution in [2.75, 3.05) is 5.32 Å². The van der Waals surface area contributed by atoms with E-state index in [1.165, 1.54) is 40.7 Å². The van der Waals surface area contributed by atoms with E-state index in [0.717, 1.165) is 23.3 Å². The van der Waals surface area contributed by atoms with Gasteiger partial charge in [0.25, 0.3) is 5.91 Å². The van der Waals surface area contributed by atoms with Gasteiger partial charge in [0.2, 0.25) is 11.5 Å². The van der Waals surface area contributed by atoms with Gasteiger partial charge >= 0.3 is 0 Å². The van der Waals surface area contributed by atoms with Crippen LogP contribution >= 0.6 is 0 Å². The first-order chi connectivity index (χ1) is 20.7. The van der Waals surface area contributed by atoms with Crippen molar-refractivity contribution in [3.63, 3.8) is 0 Å². The minimum atomic E-state index is -1.19. The molecule has 0 radical (unpaired) electrons. The Labute approximate surface area is 246 Å². The minimum Gasteiger partial charge on any atom is -0.338 e. The predicted octanol–water partition coefficient (Wildman–Crippen LogP) is 4.94. The average molecular weight is 582 g/mol. The highest BCUT2D eigenvalue weighted by molar-refractivity contribution is 6.01. The Kier molecular flexibility index (Phi) is 8.29. The molecule has 218 valence electrons. The fourth-order valence-electron chi connectivity index (χ4n) is 5.13. The molecule has 1 unspecified atom stereocenters. The first-order valence-corrected chi connectivity index (χ1v) is 13.5. The lowest BCUT2D eigenvalue weighted by atomic mass is 9.84. The van der Waals surface area contributed by atoms with Gasteiger partial charge in [-0.15, -0.1) is 0 Å². The largest absolute Gasteiger partial charge is 0.338 e. The molecule has 0 fully saturated rings. The fraction of sp³-hybridized carbons (Fsp3) is 0.152. The number of amides is 2. The summed E-state index contributed by atoms with van der Waals surface area (Å²) >= 11 is 0. The Hall–Kier alpha value is -5.38. The van der Waals surface area contributed by atoms with Crippen LogP contribution in [0.15, 0.2) is 102 Å². The number of carbonyl (C=O) groups is 2. The van der Waals surface area contributed by atoms with Crippen LogP contribution in [0.4, 0.5) is 14.5 Å². The number of hydrogen-bond donors (Lipinski definition) is 2. The molecule has 10 heteroatoms. The van der Waals surface area contributed by atoms with E-state index >= 15 is 8.78 Å². The number of nitrogens with one attached hydrogen (secondary N) is 2. The van der Waals surface area contributed by atoms with Crippen molar-refractivity contribution in [3.05, 3.63) is 142 Å². The highest BCUT2D eigenvalue weighted by Crippen LogP contribution is 2.32. The van der Waals surface area contributed by atoms with E-state index in [1.54, 1.807) is 14.0 Å². The molecule has 8 nitrogen and oxygen atoms in total. The van der Waals surface area contributed by atoms with Crippen LogP contribution in [0.3, 0.4) is 0 Å². The van der Waals surface area contributed by atoms with Crippen LogP contribution in [-0.2, 0) is 18.9 Å². The lowest BCUT2D eigenvalue weighted by molar-refractivity contribution is -0.118. The van der Waals surface area contributed by atoms with Gasteiger partial charge in [0.1, 0.15) is 23.4 Å². The highest BCUT2D eigenvalue weighted by atomic mass is 19.1. The lowest BCUT2D eigenvalue weighted by Crippen LogP contribution is -2.48. The van der Waals surface area contributed by atoms with Gasteiger partial charge in [-0.2, -0.15) is 5.10 Å². The normalized spacial score (nSPS) is 11.8. The van der Waals surface area contributed by atoms with Gasteiger partial charge in [-0.1, -0.05) is 60.7 Å². The summed E-state index contributed by atoms with van der Waals surface area (Å²) in [6, 6.07) is 23.3. The quantitative estimate of drug-likeness (QED) is 0.271. The molecule has 2 heterocycles. The van der Waals surface area contributed by atoms with E-state index in [4.69, 9.17) is 0 Å². The van der Waals surface area contributed by atoms with Crippen molar-refractivity contribution in [1.82, 2.24) is 19.7 Å². The Morgan fingerprint density at radius 2 is 1.42 bits per heavy atom.